The van der Waals surface area contributed by atoms with Crippen molar-refractivity contribution < 1.29 is 19.2 Å². The van der Waals surface area contributed by atoms with E-state index in [1.165, 1.54) is 24.3 Å². The molecule has 1 N–H and O–H groups in total. The molecule has 1 aromatic heterocycles. The molecule has 4 rings (SSSR count). The summed E-state index contributed by atoms with van der Waals surface area (Å²) in [5.41, 5.74) is 3.28. The third-order valence-electron chi connectivity index (χ3n) is 5.11. The van der Waals surface area contributed by atoms with Gasteiger partial charge in [0.1, 0.15) is 6.61 Å². The number of nitro groups is 1. The van der Waals surface area contributed by atoms with E-state index in [0.29, 0.717) is 30.4 Å². The molecule has 35 heavy (non-hydrogen) atoms. The van der Waals surface area contributed by atoms with Crippen molar-refractivity contribution >= 4 is 17.3 Å². The van der Waals surface area contributed by atoms with Gasteiger partial charge in [-0.05, 0) is 37.3 Å². The number of aryl methyl sites for hydroxylation is 1. The Morgan fingerprint density at radius 1 is 1.06 bits per heavy atom. The Morgan fingerprint density at radius 3 is 2.49 bits per heavy atom. The second-order valence-electron chi connectivity index (χ2n) is 7.65. The molecule has 0 aliphatic rings. The number of hydrogen-bond donors (Lipinski definition) is 1. The predicted octanol–water partition coefficient (Wildman–Crippen LogP) is 4.43. The zero-order valence-corrected chi connectivity index (χ0v) is 19.2. The molecule has 3 aromatic carbocycles. The molecular weight excluding hydrogens is 450 g/mol. The molecule has 0 saturated heterocycles. The summed E-state index contributed by atoms with van der Waals surface area (Å²) >= 11 is 0. The highest BCUT2D eigenvalue weighted by atomic mass is 16.6. The van der Waals surface area contributed by atoms with E-state index < -0.39 is 10.8 Å². The number of amides is 1. The number of anilines is 1. The molecule has 10 nitrogen and oxygen atoms in total. The number of nitro benzene ring substituents is 1. The van der Waals surface area contributed by atoms with Gasteiger partial charge in [-0.3, -0.25) is 14.9 Å². The van der Waals surface area contributed by atoms with Crippen LogP contribution in [0.5, 0.6) is 6.01 Å². The number of carbonyl (C=O) groups is 1. The molecule has 178 valence electrons. The number of non-ortho nitro benzene ring substituents is 1. The standard InChI is InChI=1S/C25H23N5O5/c1-17-6-8-18(9-7-17)23-27-25(35-15-14-34-2)28-29(23)21-12-10-20(11-13-21)26-24(31)19-4-3-5-22(16-19)30(32)33/h3-13,16H,14-15H2,1-2H3,(H,26,31). The fourth-order valence-corrected chi connectivity index (χ4v) is 3.29. The van der Waals surface area contributed by atoms with Crippen LogP contribution in [-0.2, 0) is 4.74 Å². The molecule has 1 amide bonds. The van der Waals surface area contributed by atoms with Crippen LogP contribution in [0.4, 0.5) is 11.4 Å². The smallest absolute Gasteiger partial charge is 0.336 e. The van der Waals surface area contributed by atoms with Crippen molar-refractivity contribution in [3.05, 3.63) is 94.0 Å². The average molecular weight is 473 g/mol. The van der Waals surface area contributed by atoms with E-state index in [1.807, 2.05) is 31.2 Å². The Bertz CT molecular complexity index is 1330. The van der Waals surface area contributed by atoms with Crippen LogP contribution in [0.1, 0.15) is 15.9 Å². The molecule has 0 aliphatic carbocycles. The number of ether oxygens (including phenoxy) is 2. The van der Waals surface area contributed by atoms with Gasteiger partial charge in [-0.25, -0.2) is 4.68 Å². The van der Waals surface area contributed by atoms with E-state index in [-0.39, 0.29) is 17.3 Å². The van der Waals surface area contributed by atoms with Gasteiger partial charge in [0.05, 0.1) is 17.2 Å². The molecule has 0 bridgehead atoms. The minimum absolute atomic E-state index is 0.147. The Kier molecular flexibility index (Phi) is 7.12. The highest BCUT2D eigenvalue weighted by molar-refractivity contribution is 6.04. The molecule has 4 aromatic rings. The van der Waals surface area contributed by atoms with Gasteiger partial charge in [0.25, 0.3) is 11.6 Å². The Labute approximate surface area is 201 Å². The van der Waals surface area contributed by atoms with Gasteiger partial charge in [-0.15, -0.1) is 5.10 Å². The summed E-state index contributed by atoms with van der Waals surface area (Å²) in [6, 6.07) is 20.7. The van der Waals surface area contributed by atoms with Crippen molar-refractivity contribution in [2.75, 3.05) is 25.6 Å². The van der Waals surface area contributed by atoms with Crippen LogP contribution in [0, 0.1) is 17.0 Å². The second-order valence-corrected chi connectivity index (χ2v) is 7.65. The lowest BCUT2D eigenvalue weighted by atomic mass is 10.1. The maximum absolute atomic E-state index is 12.6. The average Bonchev–Trinajstić information content (AvgIpc) is 3.29. The Balaban J connectivity index is 1.58. The minimum atomic E-state index is -0.539. The van der Waals surface area contributed by atoms with Gasteiger partial charge in [0, 0.05) is 36.1 Å². The zero-order chi connectivity index (χ0) is 24.8. The summed E-state index contributed by atoms with van der Waals surface area (Å²) in [5.74, 6) is 0.155. The zero-order valence-electron chi connectivity index (χ0n) is 19.2. The van der Waals surface area contributed by atoms with Gasteiger partial charge in [-0.1, -0.05) is 35.9 Å². The third kappa shape index (κ3) is 5.68. The normalized spacial score (nSPS) is 10.7. The number of nitrogens with zero attached hydrogens (tertiary/aromatic N) is 4. The van der Waals surface area contributed by atoms with Gasteiger partial charge in [0.15, 0.2) is 5.82 Å². The number of hydrogen-bond acceptors (Lipinski definition) is 7. The van der Waals surface area contributed by atoms with E-state index in [2.05, 4.69) is 15.4 Å². The van der Waals surface area contributed by atoms with Crippen molar-refractivity contribution in [3.63, 3.8) is 0 Å². The molecule has 1 heterocycles. The number of aromatic nitrogens is 3. The number of methoxy groups -OCH3 is 1. The van der Waals surface area contributed by atoms with E-state index in [0.717, 1.165) is 11.1 Å². The summed E-state index contributed by atoms with van der Waals surface area (Å²) in [7, 11) is 1.59. The minimum Gasteiger partial charge on any atom is -0.460 e. The second kappa shape index (κ2) is 10.6. The van der Waals surface area contributed by atoms with Crippen LogP contribution in [0.25, 0.3) is 17.1 Å². The lowest BCUT2D eigenvalue weighted by Gasteiger charge is -2.09. The number of nitrogens with one attached hydrogen (secondary N) is 1. The van der Waals surface area contributed by atoms with Gasteiger partial charge >= 0.3 is 6.01 Å². The van der Waals surface area contributed by atoms with E-state index in [9.17, 15) is 14.9 Å². The Morgan fingerprint density at radius 2 is 1.80 bits per heavy atom. The maximum atomic E-state index is 12.6. The first-order valence-corrected chi connectivity index (χ1v) is 10.8. The van der Waals surface area contributed by atoms with Crippen molar-refractivity contribution in [2.24, 2.45) is 0 Å². The largest absolute Gasteiger partial charge is 0.460 e. The predicted molar refractivity (Wildman–Crippen MR) is 130 cm³/mol. The first kappa shape index (κ1) is 23.6. The van der Waals surface area contributed by atoms with Crippen LogP contribution in [0.15, 0.2) is 72.8 Å². The molecule has 0 atom stereocenters. The topological polar surface area (TPSA) is 121 Å². The van der Waals surface area contributed by atoms with Gasteiger partial charge in [0.2, 0.25) is 0 Å². The van der Waals surface area contributed by atoms with Crippen LogP contribution >= 0.6 is 0 Å². The molecular formula is C25H23N5O5. The SMILES string of the molecule is COCCOc1nc(-c2ccc(C)cc2)n(-c2ccc(NC(=O)c3cccc([N+](=O)[O-])c3)cc2)n1. The summed E-state index contributed by atoms with van der Waals surface area (Å²) in [6.07, 6.45) is 0. The molecule has 0 aliphatic heterocycles. The van der Waals surface area contributed by atoms with Crippen LogP contribution in [0.3, 0.4) is 0 Å². The van der Waals surface area contributed by atoms with Crippen molar-refractivity contribution in [1.82, 2.24) is 14.8 Å². The van der Waals surface area contributed by atoms with E-state index in [1.54, 1.807) is 36.1 Å². The first-order chi connectivity index (χ1) is 16.9. The first-order valence-electron chi connectivity index (χ1n) is 10.8. The van der Waals surface area contributed by atoms with Crippen LogP contribution in [-0.4, -0.2) is 45.9 Å². The molecule has 0 saturated carbocycles. The van der Waals surface area contributed by atoms with Gasteiger partial charge < -0.3 is 14.8 Å². The number of carbonyl (C=O) groups excluding carboxylic acids is 1. The highest BCUT2D eigenvalue weighted by Crippen LogP contribution is 2.25. The third-order valence-corrected chi connectivity index (χ3v) is 5.11. The summed E-state index contributed by atoms with van der Waals surface area (Å²) in [5, 5.41) is 18.2. The molecule has 10 heteroatoms. The summed E-state index contributed by atoms with van der Waals surface area (Å²) in [6.45, 7) is 2.73. The van der Waals surface area contributed by atoms with Crippen LogP contribution in [0.2, 0.25) is 0 Å². The van der Waals surface area contributed by atoms with Crippen molar-refractivity contribution in [2.45, 2.75) is 6.92 Å². The highest BCUT2D eigenvalue weighted by Gasteiger charge is 2.16. The lowest BCUT2D eigenvalue weighted by Crippen LogP contribution is -2.12. The van der Waals surface area contributed by atoms with E-state index >= 15 is 0 Å². The number of benzene rings is 3. The quantitative estimate of drug-likeness (QED) is 0.217. The van der Waals surface area contributed by atoms with Crippen molar-refractivity contribution in [3.8, 4) is 23.1 Å². The molecule has 0 spiro atoms. The summed E-state index contributed by atoms with van der Waals surface area (Å²) < 4.78 is 12.3. The van der Waals surface area contributed by atoms with Crippen LogP contribution < -0.4 is 10.1 Å². The molecule has 0 unspecified atom stereocenters. The summed E-state index contributed by atoms with van der Waals surface area (Å²) in [4.78, 5) is 27.5. The van der Waals surface area contributed by atoms with Crippen molar-refractivity contribution in [1.29, 1.82) is 0 Å². The Hall–Kier alpha value is -4.57. The fourth-order valence-electron chi connectivity index (χ4n) is 3.29. The monoisotopic (exact) mass is 473 g/mol. The molecule has 0 radical (unpaired) electrons. The lowest BCUT2D eigenvalue weighted by molar-refractivity contribution is -0.384. The molecule has 0 fully saturated rings. The van der Waals surface area contributed by atoms with E-state index in [4.69, 9.17) is 9.47 Å². The number of rotatable bonds is 9. The maximum Gasteiger partial charge on any atom is 0.336 e. The fraction of sp³-hybridized carbons (Fsp3) is 0.160. The van der Waals surface area contributed by atoms with Gasteiger partial charge in [-0.2, -0.15) is 4.98 Å².